The zero-order valence-electron chi connectivity index (χ0n) is 10.4. The summed E-state index contributed by atoms with van der Waals surface area (Å²) in [6.45, 7) is 1.85. The summed E-state index contributed by atoms with van der Waals surface area (Å²) >= 11 is 0. The zero-order chi connectivity index (χ0) is 13.2. The lowest BCUT2D eigenvalue weighted by atomic mass is 10.2. The number of H-pyrrole nitrogens is 1. The van der Waals surface area contributed by atoms with Crippen LogP contribution in [0.15, 0.2) is 53.3 Å². The van der Waals surface area contributed by atoms with Gasteiger partial charge in [-0.1, -0.05) is 30.3 Å². The number of benzene rings is 1. The lowest BCUT2D eigenvalue weighted by molar-refractivity contribution is 0.787. The van der Waals surface area contributed by atoms with Gasteiger partial charge in [0.15, 0.2) is 5.82 Å². The number of nitrogens with zero attached hydrogens (tertiary/aromatic N) is 3. The van der Waals surface area contributed by atoms with Crippen LogP contribution in [0.3, 0.4) is 0 Å². The Morgan fingerprint density at radius 1 is 1.05 bits per heavy atom. The first kappa shape index (κ1) is 11.4. The Bertz CT molecular complexity index is 741. The van der Waals surface area contributed by atoms with E-state index in [2.05, 4.69) is 15.3 Å². The molecule has 0 saturated carbocycles. The largest absolute Gasteiger partial charge is 0.289 e. The number of hydrogen-bond acceptors (Lipinski definition) is 3. The van der Waals surface area contributed by atoms with E-state index in [1.807, 2.05) is 43.3 Å². The number of nitrogens with one attached hydrogen (secondary N) is 1. The van der Waals surface area contributed by atoms with Crippen LogP contribution in [-0.4, -0.2) is 20.0 Å². The number of aromatic amines is 1. The molecule has 0 aliphatic carbocycles. The van der Waals surface area contributed by atoms with E-state index in [1.165, 1.54) is 4.68 Å². The van der Waals surface area contributed by atoms with Crippen molar-refractivity contribution in [3.63, 3.8) is 0 Å². The van der Waals surface area contributed by atoms with Gasteiger partial charge < -0.3 is 0 Å². The summed E-state index contributed by atoms with van der Waals surface area (Å²) < 4.78 is 1.38. The summed E-state index contributed by atoms with van der Waals surface area (Å²) in [7, 11) is 0. The standard InChI is InChI=1S/C14H12N4O/c1-10-7-8-13(16-15-10)18-14(19)9-12(17-18)11-5-3-2-4-6-11/h2-9,17H,1H3. The third kappa shape index (κ3) is 2.18. The molecule has 94 valence electrons. The topological polar surface area (TPSA) is 63.6 Å². The first-order valence-electron chi connectivity index (χ1n) is 5.92. The van der Waals surface area contributed by atoms with Crippen LogP contribution in [0.2, 0.25) is 0 Å². The quantitative estimate of drug-likeness (QED) is 0.758. The first-order chi connectivity index (χ1) is 9.24. The van der Waals surface area contributed by atoms with Crippen molar-refractivity contribution in [3.05, 3.63) is 64.6 Å². The fourth-order valence-corrected chi connectivity index (χ4v) is 1.84. The molecule has 0 atom stereocenters. The molecule has 0 saturated heterocycles. The van der Waals surface area contributed by atoms with Crippen molar-refractivity contribution in [2.24, 2.45) is 0 Å². The van der Waals surface area contributed by atoms with Crippen LogP contribution in [-0.2, 0) is 0 Å². The molecule has 0 spiro atoms. The van der Waals surface area contributed by atoms with Crippen molar-refractivity contribution >= 4 is 0 Å². The highest BCUT2D eigenvalue weighted by molar-refractivity contribution is 5.58. The van der Waals surface area contributed by atoms with Gasteiger partial charge in [0.05, 0.1) is 11.4 Å². The third-order valence-corrected chi connectivity index (χ3v) is 2.82. The van der Waals surface area contributed by atoms with Crippen molar-refractivity contribution in [2.75, 3.05) is 0 Å². The highest BCUT2D eigenvalue weighted by Gasteiger charge is 2.07. The zero-order valence-corrected chi connectivity index (χ0v) is 10.4. The van der Waals surface area contributed by atoms with Gasteiger partial charge >= 0.3 is 0 Å². The van der Waals surface area contributed by atoms with Crippen molar-refractivity contribution < 1.29 is 0 Å². The van der Waals surface area contributed by atoms with Crippen LogP contribution in [0.25, 0.3) is 17.1 Å². The maximum absolute atomic E-state index is 12.0. The molecule has 5 nitrogen and oxygen atoms in total. The fraction of sp³-hybridized carbons (Fsp3) is 0.0714. The van der Waals surface area contributed by atoms with E-state index in [4.69, 9.17) is 0 Å². The van der Waals surface area contributed by atoms with Crippen LogP contribution >= 0.6 is 0 Å². The van der Waals surface area contributed by atoms with E-state index in [9.17, 15) is 4.79 Å². The Morgan fingerprint density at radius 3 is 2.53 bits per heavy atom. The molecule has 0 radical (unpaired) electrons. The Morgan fingerprint density at radius 2 is 1.84 bits per heavy atom. The lowest BCUT2D eigenvalue weighted by Crippen LogP contribution is -2.15. The minimum Gasteiger partial charge on any atom is -0.289 e. The van der Waals surface area contributed by atoms with Crippen molar-refractivity contribution in [3.8, 4) is 17.1 Å². The molecule has 0 unspecified atom stereocenters. The molecule has 1 aromatic carbocycles. The fourth-order valence-electron chi connectivity index (χ4n) is 1.84. The number of aromatic nitrogens is 4. The molecule has 5 heteroatoms. The molecule has 3 rings (SSSR count). The highest BCUT2D eigenvalue weighted by atomic mass is 16.1. The van der Waals surface area contributed by atoms with E-state index in [-0.39, 0.29) is 5.56 Å². The van der Waals surface area contributed by atoms with Gasteiger partial charge in [-0.05, 0) is 24.6 Å². The highest BCUT2D eigenvalue weighted by Crippen LogP contribution is 2.14. The summed E-state index contributed by atoms with van der Waals surface area (Å²) in [5.74, 6) is 0.484. The van der Waals surface area contributed by atoms with Crippen molar-refractivity contribution in [1.82, 2.24) is 20.0 Å². The summed E-state index contributed by atoms with van der Waals surface area (Å²) in [6.07, 6.45) is 0. The predicted molar refractivity (Wildman–Crippen MR) is 72.2 cm³/mol. The smallest absolute Gasteiger partial charge is 0.273 e. The Balaban J connectivity index is 2.08. The van der Waals surface area contributed by atoms with Gasteiger partial charge in [0.1, 0.15) is 0 Å². The molecule has 0 aliphatic rings. The van der Waals surface area contributed by atoms with E-state index in [0.717, 1.165) is 17.0 Å². The molecule has 3 aromatic rings. The van der Waals surface area contributed by atoms with Crippen LogP contribution < -0.4 is 5.56 Å². The second-order valence-electron chi connectivity index (χ2n) is 4.24. The maximum atomic E-state index is 12.0. The Kier molecular flexibility index (Phi) is 2.72. The average Bonchev–Trinajstić information content (AvgIpc) is 2.83. The number of aryl methyl sites for hydroxylation is 1. The number of rotatable bonds is 2. The van der Waals surface area contributed by atoms with E-state index in [1.54, 1.807) is 12.1 Å². The molecule has 0 bridgehead atoms. The summed E-state index contributed by atoms with van der Waals surface area (Å²) in [4.78, 5) is 12.0. The summed E-state index contributed by atoms with van der Waals surface area (Å²) in [5.41, 5.74) is 2.37. The van der Waals surface area contributed by atoms with E-state index >= 15 is 0 Å². The molecule has 0 fully saturated rings. The molecule has 0 amide bonds. The SMILES string of the molecule is Cc1ccc(-n2[nH]c(-c3ccccc3)cc2=O)nn1. The van der Waals surface area contributed by atoms with Crippen LogP contribution in [0.1, 0.15) is 5.69 Å². The first-order valence-corrected chi connectivity index (χ1v) is 5.92. The maximum Gasteiger partial charge on any atom is 0.273 e. The van der Waals surface area contributed by atoms with Gasteiger partial charge in [-0.3, -0.25) is 9.89 Å². The molecular formula is C14H12N4O. The second-order valence-corrected chi connectivity index (χ2v) is 4.24. The molecule has 0 aliphatic heterocycles. The normalized spacial score (nSPS) is 10.6. The molecule has 2 heterocycles. The minimum atomic E-state index is -0.156. The van der Waals surface area contributed by atoms with Crippen LogP contribution in [0.4, 0.5) is 0 Å². The minimum absolute atomic E-state index is 0.156. The molecule has 1 N–H and O–H groups in total. The van der Waals surface area contributed by atoms with Crippen molar-refractivity contribution in [2.45, 2.75) is 6.92 Å². The predicted octanol–water partition coefficient (Wildman–Crippen LogP) is 1.93. The lowest BCUT2D eigenvalue weighted by Gasteiger charge is -2.00. The monoisotopic (exact) mass is 252 g/mol. The Labute approximate surface area is 109 Å². The molecule has 19 heavy (non-hydrogen) atoms. The average molecular weight is 252 g/mol. The summed E-state index contributed by atoms with van der Waals surface area (Å²) in [6, 6.07) is 14.8. The van der Waals surface area contributed by atoms with Gasteiger partial charge in [0.25, 0.3) is 5.56 Å². The van der Waals surface area contributed by atoms with Crippen LogP contribution in [0, 0.1) is 6.92 Å². The van der Waals surface area contributed by atoms with Gasteiger partial charge in [0, 0.05) is 6.07 Å². The van der Waals surface area contributed by atoms with Crippen LogP contribution in [0.5, 0.6) is 0 Å². The van der Waals surface area contributed by atoms with E-state index < -0.39 is 0 Å². The van der Waals surface area contributed by atoms with Gasteiger partial charge in [-0.25, -0.2) is 0 Å². The third-order valence-electron chi connectivity index (χ3n) is 2.82. The van der Waals surface area contributed by atoms with Gasteiger partial charge in [-0.15, -0.1) is 5.10 Å². The summed E-state index contributed by atoms with van der Waals surface area (Å²) in [5, 5.41) is 11.0. The van der Waals surface area contributed by atoms with Gasteiger partial charge in [-0.2, -0.15) is 9.78 Å². The molecule has 2 aromatic heterocycles. The second kappa shape index (κ2) is 4.53. The van der Waals surface area contributed by atoms with E-state index in [0.29, 0.717) is 5.82 Å². The Hall–Kier alpha value is -2.69. The van der Waals surface area contributed by atoms with Gasteiger partial charge in [0.2, 0.25) is 0 Å². The molecular weight excluding hydrogens is 240 g/mol. The van der Waals surface area contributed by atoms with Crippen molar-refractivity contribution in [1.29, 1.82) is 0 Å². The number of hydrogen-bond donors (Lipinski definition) is 1.